The van der Waals surface area contributed by atoms with E-state index in [-0.39, 0.29) is 25.7 Å². The van der Waals surface area contributed by atoms with Crippen molar-refractivity contribution in [3.63, 3.8) is 0 Å². The molecule has 2 unspecified atom stereocenters. The van der Waals surface area contributed by atoms with Gasteiger partial charge in [-0.1, -0.05) is 388 Å². The van der Waals surface area contributed by atoms with Gasteiger partial charge < -0.3 is 33.8 Å². The van der Waals surface area contributed by atoms with Crippen LogP contribution in [0, 0.1) is 5.92 Å². The number of phosphoric acid groups is 2. The lowest BCUT2D eigenvalue weighted by atomic mass is 10.0. The van der Waals surface area contributed by atoms with Gasteiger partial charge in [0.05, 0.1) is 26.4 Å². The number of ether oxygens (including phenoxy) is 4. The minimum atomic E-state index is -4.96. The van der Waals surface area contributed by atoms with Gasteiger partial charge in [-0.3, -0.25) is 37.3 Å². The number of rotatable bonds is 82. The van der Waals surface area contributed by atoms with E-state index in [1.807, 2.05) is 0 Å². The molecule has 600 valence electrons. The average molecular weight is 1480 g/mol. The van der Waals surface area contributed by atoms with Gasteiger partial charge in [-0.25, -0.2) is 9.13 Å². The largest absolute Gasteiger partial charge is 0.472 e. The van der Waals surface area contributed by atoms with Gasteiger partial charge in [0.2, 0.25) is 0 Å². The van der Waals surface area contributed by atoms with Crippen LogP contribution in [-0.4, -0.2) is 96.7 Å². The molecule has 101 heavy (non-hydrogen) atoms. The number of aliphatic hydroxyl groups excluding tert-OH is 1. The molecule has 0 aliphatic rings. The Morgan fingerprint density at radius 3 is 0.673 bits per heavy atom. The van der Waals surface area contributed by atoms with Crippen molar-refractivity contribution in [3.8, 4) is 0 Å². The van der Waals surface area contributed by atoms with E-state index < -0.39 is 97.5 Å². The Kier molecular flexibility index (Phi) is 73.5. The highest BCUT2D eigenvalue weighted by Gasteiger charge is 2.30. The fourth-order valence-electron chi connectivity index (χ4n) is 12.8. The molecule has 0 aliphatic carbocycles. The number of hydrogen-bond donors (Lipinski definition) is 3. The second-order valence-corrected chi connectivity index (χ2v) is 32.9. The summed E-state index contributed by atoms with van der Waals surface area (Å²) in [6.07, 6.45) is 67.3. The molecule has 0 bridgehead atoms. The summed E-state index contributed by atoms with van der Waals surface area (Å²) in [5.41, 5.74) is 0. The summed E-state index contributed by atoms with van der Waals surface area (Å²) in [6.45, 7) is 7.23. The molecule has 0 aromatic rings. The zero-order chi connectivity index (χ0) is 74.1. The van der Waals surface area contributed by atoms with Crippen LogP contribution in [0.15, 0.2) is 0 Å². The van der Waals surface area contributed by atoms with Crippen LogP contribution in [0.3, 0.4) is 0 Å². The van der Waals surface area contributed by atoms with Crippen molar-refractivity contribution in [1.29, 1.82) is 0 Å². The van der Waals surface area contributed by atoms with Crippen LogP contribution in [0.25, 0.3) is 0 Å². The lowest BCUT2D eigenvalue weighted by molar-refractivity contribution is -0.161. The normalized spacial score (nSPS) is 13.8. The van der Waals surface area contributed by atoms with E-state index >= 15 is 0 Å². The Morgan fingerprint density at radius 2 is 0.455 bits per heavy atom. The van der Waals surface area contributed by atoms with Crippen molar-refractivity contribution in [2.45, 2.75) is 457 Å². The Bertz CT molecular complexity index is 1930. The predicted octanol–water partition coefficient (Wildman–Crippen LogP) is 24.8. The SMILES string of the molecule is CCCCCCCCCCCCCCCCCCCCCCCC(=O)OC[C@H](COP(=O)(O)OC[C@@H](O)COP(=O)(O)OC[C@@H](COC(=O)CCCCCCC)OC(=O)CCCCCCCCCCCCCC(C)C)OC(=O)CCCCCCCCCCCCCCCCCCCCCCC. The standard InChI is InChI=1S/C82H160O17P2/c1-6-9-12-15-17-19-21-23-25-27-29-31-33-35-37-39-43-47-51-56-61-66-80(85)93-72-78(99-82(87)67-62-57-52-48-44-40-38-36-34-32-30-28-26-24-22-20-18-16-13-10-7-2)74-97-101(90,91)95-70-76(83)69-94-100(88,89)96-73-77(71-92-79(84)65-60-54-14-11-8-3)98-81(86)68-63-58-53-49-45-41-42-46-50-55-59-64-75(4)5/h75-78,83H,6-74H2,1-5H3,(H,88,89)(H,90,91)/t76-,77+,78+/m0/s1. The summed E-state index contributed by atoms with van der Waals surface area (Å²) in [5, 5.41) is 10.6. The van der Waals surface area contributed by atoms with Crippen molar-refractivity contribution >= 4 is 39.5 Å². The zero-order valence-electron chi connectivity index (χ0n) is 66.1. The van der Waals surface area contributed by atoms with Crippen LogP contribution in [0.4, 0.5) is 0 Å². The molecule has 0 fully saturated rings. The van der Waals surface area contributed by atoms with Gasteiger partial charge >= 0.3 is 39.5 Å². The van der Waals surface area contributed by atoms with Crippen molar-refractivity contribution < 1.29 is 80.2 Å². The highest BCUT2D eigenvalue weighted by molar-refractivity contribution is 7.47. The number of esters is 4. The molecule has 0 amide bonds. The number of aliphatic hydroxyl groups is 1. The smallest absolute Gasteiger partial charge is 0.462 e. The van der Waals surface area contributed by atoms with Crippen LogP contribution in [0.2, 0.25) is 0 Å². The minimum Gasteiger partial charge on any atom is -0.462 e. The molecule has 17 nitrogen and oxygen atoms in total. The Balaban J connectivity index is 5.10. The highest BCUT2D eigenvalue weighted by Crippen LogP contribution is 2.45. The molecule has 0 aromatic carbocycles. The second kappa shape index (κ2) is 74.9. The van der Waals surface area contributed by atoms with Crippen molar-refractivity contribution in [1.82, 2.24) is 0 Å². The number of carbonyl (C=O) groups excluding carboxylic acids is 4. The predicted molar refractivity (Wildman–Crippen MR) is 414 cm³/mol. The molecule has 0 saturated carbocycles. The maximum absolute atomic E-state index is 13.1. The molecular weight excluding hydrogens is 1320 g/mol. The Hall–Kier alpha value is -1.94. The number of unbranched alkanes of at least 4 members (excludes halogenated alkanes) is 54. The average Bonchev–Trinajstić information content (AvgIpc) is 1.03. The fourth-order valence-corrected chi connectivity index (χ4v) is 14.3. The van der Waals surface area contributed by atoms with E-state index in [1.54, 1.807) is 0 Å². The van der Waals surface area contributed by atoms with Gasteiger partial charge in [-0.2, -0.15) is 0 Å². The van der Waals surface area contributed by atoms with Crippen LogP contribution in [-0.2, 0) is 65.4 Å². The lowest BCUT2D eigenvalue weighted by Crippen LogP contribution is -2.30. The summed E-state index contributed by atoms with van der Waals surface area (Å²) in [5.74, 6) is -1.35. The highest BCUT2D eigenvalue weighted by atomic mass is 31.2. The first kappa shape index (κ1) is 99.1. The molecule has 0 saturated heterocycles. The monoisotopic (exact) mass is 1480 g/mol. The first-order valence-corrected chi connectivity index (χ1v) is 45.6. The van der Waals surface area contributed by atoms with Crippen LogP contribution >= 0.6 is 15.6 Å². The molecular formula is C82H160O17P2. The molecule has 0 rings (SSSR count). The molecule has 3 N–H and O–H groups in total. The summed E-state index contributed by atoms with van der Waals surface area (Å²) in [7, 11) is -9.91. The lowest BCUT2D eigenvalue weighted by Gasteiger charge is -2.21. The number of carbonyl (C=O) groups is 4. The molecule has 5 atom stereocenters. The van der Waals surface area contributed by atoms with E-state index in [0.717, 1.165) is 102 Å². The summed E-state index contributed by atoms with van der Waals surface area (Å²) >= 11 is 0. The van der Waals surface area contributed by atoms with Gasteiger partial charge in [-0.15, -0.1) is 0 Å². The van der Waals surface area contributed by atoms with E-state index in [4.69, 9.17) is 37.0 Å². The molecule has 0 aromatic heterocycles. The minimum absolute atomic E-state index is 0.106. The first-order chi connectivity index (χ1) is 49.0. The maximum Gasteiger partial charge on any atom is 0.472 e. The van der Waals surface area contributed by atoms with Crippen molar-refractivity contribution in [2.75, 3.05) is 39.6 Å². The second-order valence-electron chi connectivity index (χ2n) is 30.0. The third-order valence-electron chi connectivity index (χ3n) is 19.3. The van der Waals surface area contributed by atoms with E-state index in [0.29, 0.717) is 25.7 Å². The van der Waals surface area contributed by atoms with E-state index in [9.17, 15) is 43.2 Å². The number of phosphoric ester groups is 2. The summed E-state index contributed by atoms with van der Waals surface area (Å²) in [6, 6.07) is 0. The maximum atomic E-state index is 13.1. The topological polar surface area (TPSA) is 237 Å². The third-order valence-corrected chi connectivity index (χ3v) is 21.2. The van der Waals surface area contributed by atoms with E-state index in [1.165, 1.54) is 257 Å². The van der Waals surface area contributed by atoms with Crippen LogP contribution in [0.1, 0.15) is 439 Å². The zero-order valence-corrected chi connectivity index (χ0v) is 67.8. The first-order valence-electron chi connectivity index (χ1n) is 42.6. The van der Waals surface area contributed by atoms with Crippen LogP contribution < -0.4 is 0 Å². The summed E-state index contributed by atoms with van der Waals surface area (Å²) < 4.78 is 68.5. The van der Waals surface area contributed by atoms with Crippen molar-refractivity contribution in [2.24, 2.45) is 5.92 Å². The van der Waals surface area contributed by atoms with Gasteiger partial charge in [-0.05, 0) is 31.6 Å². The van der Waals surface area contributed by atoms with Gasteiger partial charge in [0.1, 0.15) is 19.3 Å². The fraction of sp³-hybridized carbons (Fsp3) is 0.951. The Morgan fingerprint density at radius 1 is 0.267 bits per heavy atom. The van der Waals surface area contributed by atoms with Gasteiger partial charge in [0, 0.05) is 25.7 Å². The molecule has 0 aliphatic heterocycles. The molecule has 0 heterocycles. The molecule has 19 heteroatoms. The van der Waals surface area contributed by atoms with Gasteiger partial charge in [0.25, 0.3) is 0 Å². The third kappa shape index (κ3) is 76.1. The number of hydrogen-bond acceptors (Lipinski definition) is 15. The summed E-state index contributed by atoms with van der Waals surface area (Å²) in [4.78, 5) is 72.7. The van der Waals surface area contributed by atoms with E-state index in [2.05, 4.69) is 34.6 Å². The molecule has 0 spiro atoms. The van der Waals surface area contributed by atoms with Crippen LogP contribution in [0.5, 0.6) is 0 Å². The Labute approximate surface area is 619 Å². The quantitative estimate of drug-likeness (QED) is 0.0222. The van der Waals surface area contributed by atoms with Gasteiger partial charge in [0.15, 0.2) is 12.2 Å². The molecule has 0 radical (unpaired) electrons. The van der Waals surface area contributed by atoms with Crippen molar-refractivity contribution in [3.05, 3.63) is 0 Å².